The molecule has 1 fully saturated rings. The van der Waals surface area contributed by atoms with Crippen LogP contribution >= 0.6 is 0 Å². The van der Waals surface area contributed by atoms with Gasteiger partial charge in [-0.1, -0.05) is 31.5 Å². The first-order valence-corrected chi connectivity index (χ1v) is 12.6. The van der Waals surface area contributed by atoms with Crippen molar-refractivity contribution in [2.24, 2.45) is 5.92 Å². The highest BCUT2D eigenvalue weighted by Crippen LogP contribution is 2.32. The van der Waals surface area contributed by atoms with Gasteiger partial charge in [0.05, 0.1) is 31.1 Å². The molecule has 31 heavy (non-hydrogen) atoms. The van der Waals surface area contributed by atoms with Gasteiger partial charge in [-0.25, -0.2) is 13.4 Å². The van der Waals surface area contributed by atoms with Gasteiger partial charge in [-0.05, 0) is 55.4 Å². The van der Waals surface area contributed by atoms with Crippen molar-refractivity contribution in [1.82, 2.24) is 4.31 Å². The van der Waals surface area contributed by atoms with Gasteiger partial charge in [-0.15, -0.1) is 0 Å². The third-order valence-electron chi connectivity index (χ3n) is 6.33. The quantitative estimate of drug-likeness (QED) is 0.718. The van der Waals surface area contributed by atoms with Crippen molar-refractivity contribution in [2.75, 3.05) is 31.1 Å². The number of rotatable bonds is 5. The van der Waals surface area contributed by atoms with Crippen LogP contribution in [0.3, 0.4) is 0 Å². The normalized spacial score (nSPS) is 17.1. The molecule has 0 atom stereocenters. The second-order valence-electron chi connectivity index (χ2n) is 9.05. The van der Waals surface area contributed by atoms with Crippen molar-refractivity contribution in [2.45, 2.75) is 51.3 Å². The minimum atomic E-state index is -3.50. The Bertz CT molecular complexity index is 1110. The third kappa shape index (κ3) is 4.19. The lowest BCUT2D eigenvalue weighted by Crippen LogP contribution is -2.50. The summed E-state index contributed by atoms with van der Waals surface area (Å²) in [5.74, 6) is 1.39. The number of nitrogens with zero attached hydrogens (tertiary/aromatic N) is 3. The Kier molecular flexibility index (Phi) is 6.05. The van der Waals surface area contributed by atoms with E-state index in [-0.39, 0.29) is 0 Å². The van der Waals surface area contributed by atoms with Crippen molar-refractivity contribution < 1.29 is 13.4 Å². The first kappa shape index (κ1) is 21.8. The summed E-state index contributed by atoms with van der Waals surface area (Å²) in [6, 6.07) is 9.46. The molecule has 1 aliphatic carbocycles. The van der Waals surface area contributed by atoms with Crippen LogP contribution in [0.5, 0.6) is 0 Å². The van der Waals surface area contributed by atoms with Crippen molar-refractivity contribution in [3.8, 4) is 6.07 Å². The number of sulfonamides is 1. The number of fused-ring (bicyclic) bond motifs is 1. The summed E-state index contributed by atoms with van der Waals surface area (Å²) in [6.07, 6.45) is 4.04. The van der Waals surface area contributed by atoms with Gasteiger partial charge >= 0.3 is 0 Å². The zero-order valence-electron chi connectivity index (χ0n) is 18.6. The zero-order valence-corrected chi connectivity index (χ0v) is 19.4. The summed E-state index contributed by atoms with van der Waals surface area (Å²) in [4.78, 5) is 6.09. The Hall–Kier alpha value is -2.43. The first-order chi connectivity index (χ1) is 14.8. The van der Waals surface area contributed by atoms with E-state index in [9.17, 15) is 13.7 Å². The van der Waals surface area contributed by atoms with Crippen LogP contribution < -0.4 is 9.88 Å². The predicted octanol–water partition coefficient (Wildman–Crippen LogP) is 2.88. The summed E-state index contributed by atoms with van der Waals surface area (Å²) in [6.45, 7) is 8.32. The van der Waals surface area contributed by atoms with Crippen LogP contribution in [0.2, 0.25) is 0 Å². The van der Waals surface area contributed by atoms with E-state index in [0.29, 0.717) is 37.0 Å². The molecule has 0 radical (unpaired) electrons. The van der Waals surface area contributed by atoms with E-state index in [1.54, 1.807) is 16.4 Å². The number of benzene rings is 1. The molecule has 0 unspecified atom stereocenters. The largest absolute Gasteiger partial charge is 0.293 e. The average Bonchev–Trinajstić information content (AvgIpc) is 3.24. The highest BCUT2D eigenvalue weighted by molar-refractivity contribution is 7.89. The minimum Gasteiger partial charge on any atom is -0.258 e. The Morgan fingerprint density at radius 2 is 1.71 bits per heavy atom. The molecule has 2 aliphatic rings. The lowest BCUT2D eigenvalue weighted by Gasteiger charge is -2.31. The number of H-pyrrole nitrogens is 1. The van der Waals surface area contributed by atoms with Gasteiger partial charge < -0.3 is 0 Å². The van der Waals surface area contributed by atoms with E-state index in [4.69, 9.17) is 0 Å². The van der Waals surface area contributed by atoms with Gasteiger partial charge in [-0.3, -0.25) is 4.90 Å². The maximum atomic E-state index is 13.0. The van der Waals surface area contributed by atoms with Crippen molar-refractivity contribution >= 4 is 15.8 Å². The number of aromatic nitrogens is 1. The summed E-state index contributed by atoms with van der Waals surface area (Å²) >= 11 is 0. The van der Waals surface area contributed by atoms with E-state index >= 15 is 0 Å². The second kappa shape index (κ2) is 8.60. The van der Waals surface area contributed by atoms with Crippen LogP contribution in [-0.2, 0) is 29.3 Å². The van der Waals surface area contributed by atoms with E-state index in [0.717, 1.165) is 42.6 Å². The molecule has 0 bridgehead atoms. The van der Waals surface area contributed by atoms with Gasteiger partial charge in [-0.2, -0.15) is 9.57 Å². The number of hydrogen-bond donors (Lipinski definition) is 0. The molecule has 164 valence electrons. The average molecular weight is 440 g/mol. The molecule has 1 aromatic carbocycles. The Morgan fingerprint density at radius 1 is 1.06 bits per heavy atom. The maximum Gasteiger partial charge on any atom is 0.293 e. The molecule has 2 aromatic rings. The number of nitriles is 1. The lowest BCUT2D eigenvalue weighted by molar-refractivity contribution is -0.378. The molecule has 1 saturated heterocycles. The molecular weight excluding hydrogens is 408 g/mol. The van der Waals surface area contributed by atoms with Crippen LogP contribution in [-0.4, -0.2) is 38.9 Å². The number of pyridine rings is 1. The molecule has 7 heteroatoms. The summed E-state index contributed by atoms with van der Waals surface area (Å²) in [5.41, 5.74) is 5.55. The Balaban J connectivity index is 1.59. The first-order valence-electron chi connectivity index (χ1n) is 11.1. The second-order valence-corrected chi connectivity index (χ2v) is 11.0. The SMILES string of the molecule is Cc1ccc(S(=O)(=O)N2CCN(c3[nH+]c(CC(C)C)c4c(c3C#N)CCC4)CC2)cc1. The lowest BCUT2D eigenvalue weighted by atomic mass is 9.97. The van der Waals surface area contributed by atoms with Gasteiger partial charge in [0.2, 0.25) is 10.0 Å². The number of aryl methyl sites for hydroxylation is 1. The minimum absolute atomic E-state index is 0.340. The standard InChI is InChI=1S/C24H30N4O2S/c1-17(2)15-23-21-6-4-5-20(21)22(16-25)24(26-23)27-11-13-28(14-12-27)31(29,30)19-9-7-18(3)8-10-19/h7-10,17H,4-6,11-15H2,1-3H3/p+1. The van der Waals surface area contributed by atoms with Gasteiger partial charge in [0.15, 0.2) is 0 Å². The van der Waals surface area contributed by atoms with Gasteiger partial charge in [0.25, 0.3) is 5.82 Å². The van der Waals surface area contributed by atoms with Crippen molar-refractivity contribution in [3.05, 3.63) is 52.2 Å². The molecule has 1 aliphatic heterocycles. The number of nitrogens with one attached hydrogen (secondary N) is 1. The fourth-order valence-corrected chi connectivity index (χ4v) is 6.15. The van der Waals surface area contributed by atoms with Crippen LogP contribution in [0.25, 0.3) is 0 Å². The highest BCUT2D eigenvalue weighted by atomic mass is 32.2. The summed E-state index contributed by atoms with van der Waals surface area (Å²) in [7, 11) is -3.50. The third-order valence-corrected chi connectivity index (χ3v) is 8.24. The molecule has 2 heterocycles. The fourth-order valence-electron chi connectivity index (χ4n) is 4.73. The zero-order chi connectivity index (χ0) is 22.2. The number of aromatic amines is 1. The molecule has 4 rings (SSSR count). The fraction of sp³-hybridized carbons (Fsp3) is 0.500. The number of anilines is 1. The van der Waals surface area contributed by atoms with Crippen LogP contribution in [0.15, 0.2) is 29.2 Å². The van der Waals surface area contributed by atoms with Crippen LogP contribution in [0.1, 0.15) is 48.2 Å². The molecule has 1 aromatic heterocycles. The van der Waals surface area contributed by atoms with Gasteiger partial charge in [0, 0.05) is 6.42 Å². The van der Waals surface area contributed by atoms with E-state index in [1.807, 2.05) is 19.1 Å². The molecule has 0 amide bonds. The topological polar surface area (TPSA) is 78.6 Å². The predicted molar refractivity (Wildman–Crippen MR) is 120 cm³/mol. The van der Waals surface area contributed by atoms with Crippen molar-refractivity contribution in [1.29, 1.82) is 5.26 Å². The summed E-state index contributed by atoms with van der Waals surface area (Å²) in [5, 5.41) is 9.94. The molecule has 0 spiro atoms. The van der Waals surface area contributed by atoms with E-state index < -0.39 is 10.0 Å². The number of piperazine rings is 1. The number of hydrogen-bond acceptors (Lipinski definition) is 4. The van der Waals surface area contributed by atoms with Crippen LogP contribution in [0.4, 0.5) is 5.82 Å². The molecular formula is C24H31N4O2S+. The smallest absolute Gasteiger partial charge is 0.258 e. The maximum absolute atomic E-state index is 13.0. The van der Waals surface area contributed by atoms with E-state index in [2.05, 4.69) is 29.8 Å². The Labute approximate surface area is 185 Å². The summed E-state index contributed by atoms with van der Waals surface area (Å²) < 4.78 is 27.6. The molecule has 1 N–H and O–H groups in total. The van der Waals surface area contributed by atoms with Crippen LogP contribution in [0, 0.1) is 24.2 Å². The highest BCUT2D eigenvalue weighted by Gasteiger charge is 2.35. The molecule has 6 nitrogen and oxygen atoms in total. The molecule has 0 saturated carbocycles. The van der Waals surface area contributed by atoms with Crippen molar-refractivity contribution in [3.63, 3.8) is 0 Å². The van der Waals surface area contributed by atoms with E-state index in [1.165, 1.54) is 16.8 Å². The monoisotopic (exact) mass is 439 g/mol. The van der Waals surface area contributed by atoms with Gasteiger partial charge in [0.1, 0.15) is 17.3 Å². The Morgan fingerprint density at radius 3 is 2.32 bits per heavy atom.